The number of allylic oxidation sites excluding steroid dienone is 1. The third-order valence-electron chi connectivity index (χ3n) is 1.76. The van der Waals surface area contributed by atoms with E-state index in [1.54, 1.807) is 17.4 Å². The molecule has 0 radical (unpaired) electrons. The SMILES string of the molecule is O=C(C=Cc1ccc(Br)s1)c1cccs1. The van der Waals surface area contributed by atoms with Gasteiger partial charge in [0.2, 0.25) is 0 Å². The summed E-state index contributed by atoms with van der Waals surface area (Å²) in [5, 5.41) is 1.91. The summed E-state index contributed by atoms with van der Waals surface area (Å²) >= 11 is 6.45. The summed E-state index contributed by atoms with van der Waals surface area (Å²) in [5.74, 6) is 0.0644. The highest BCUT2D eigenvalue weighted by molar-refractivity contribution is 9.11. The molecule has 1 nitrogen and oxygen atoms in total. The molecule has 0 aliphatic carbocycles. The van der Waals surface area contributed by atoms with E-state index in [2.05, 4.69) is 15.9 Å². The van der Waals surface area contributed by atoms with Crippen molar-refractivity contribution in [3.63, 3.8) is 0 Å². The molecule has 0 unspecified atom stereocenters. The monoisotopic (exact) mass is 298 g/mol. The van der Waals surface area contributed by atoms with Crippen LogP contribution in [0, 0.1) is 0 Å². The summed E-state index contributed by atoms with van der Waals surface area (Å²) in [4.78, 5) is 13.5. The summed E-state index contributed by atoms with van der Waals surface area (Å²) in [6.45, 7) is 0. The van der Waals surface area contributed by atoms with Gasteiger partial charge < -0.3 is 0 Å². The fourth-order valence-corrected chi connectivity index (χ4v) is 3.05. The molecule has 0 atom stereocenters. The van der Waals surface area contributed by atoms with Gasteiger partial charge in [0.1, 0.15) is 0 Å². The van der Waals surface area contributed by atoms with Gasteiger partial charge in [-0.3, -0.25) is 4.79 Å². The van der Waals surface area contributed by atoms with Crippen LogP contribution < -0.4 is 0 Å². The maximum Gasteiger partial charge on any atom is 0.195 e. The number of carbonyl (C=O) groups excluding carboxylic acids is 1. The van der Waals surface area contributed by atoms with Gasteiger partial charge in [0.15, 0.2) is 5.78 Å². The van der Waals surface area contributed by atoms with Crippen molar-refractivity contribution >= 4 is 50.5 Å². The minimum atomic E-state index is 0.0644. The summed E-state index contributed by atoms with van der Waals surface area (Å²) in [6, 6.07) is 7.67. The topological polar surface area (TPSA) is 17.1 Å². The molecule has 0 aliphatic heterocycles. The van der Waals surface area contributed by atoms with E-state index in [0.29, 0.717) is 0 Å². The minimum Gasteiger partial charge on any atom is -0.288 e. The predicted octanol–water partition coefficient (Wildman–Crippen LogP) is 4.47. The smallest absolute Gasteiger partial charge is 0.195 e. The van der Waals surface area contributed by atoms with Gasteiger partial charge in [-0.05, 0) is 51.7 Å². The Hall–Kier alpha value is -0.710. The number of carbonyl (C=O) groups is 1. The molecule has 2 heterocycles. The molecule has 0 N–H and O–H groups in total. The van der Waals surface area contributed by atoms with Crippen LogP contribution in [0.25, 0.3) is 6.08 Å². The van der Waals surface area contributed by atoms with E-state index in [1.807, 2.05) is 35.7 Å². The summed E-state index contributed by atoms with van der Waals surface area (Å²) in [6.07, 6.45) is 3.46. The highest BCUT2D eigenvalue weighted by Gasteiger charge is 2.01. The van der Waals surface area contributed by atoms with Gasteiger partial charge in [-0.25, -0.2) is 0 Å². The number of thiophene rings is 2. The van der Waals surface area contributed by atoms with Gasteiger partial charge in [0, 0.05) is 4.88 Å². The lowest BCUT2D eigenvalue weighted by atomic mass is 10.3. The Labute approximate surface area is 104 Å². The van der Waals surface area contributed by atoms with Crippen LogP contribution in [0.15, 0.2) is 39.5 Å². The molecule has 15 heavy (non-hydrogen) atoms. The number of hydrogen-bond acceptors (Lipinski definition) is 3. The fourth-order valence-electron chi connectivity index (χ4n) is 1.08. The zero-order valence-corrected chi connectivity index (χ0v) is 10.9. The standard InChI is InChI=1S/C11H7BrOS2/c12-11-6-4-8(15-11)3-5-9(13)10-2-1-7-14-10/h1-7H. The minimum absolute atomic E-state index is 0.0644. The number of rotatable bonds is 3. The van der Waals surface area contributed by atoms with Crippen LogP contribution in [-0.4, -0.2) is 5.78 Å². The summed E-state index contributed by atoms with van der Waals surface area (Å²) in [7, 11) is 0. The van der Waals surface area contributed by atoms with Crippen molar-refractivity contribution in [1.29, 1.82) is 0 Å². The molecular formula is C11H7BrOS2. The molecule has 0 bridgehead atoms. The maximum absolute atomic E-state index is 11.6. The van der Waals surface area contributed by atoms with Crippen molar-refractivity contribution in [2.45, 2.75) is 0 Å². The second-order valence-electron chi connectivity index (χ2n) is 2.82. The first-order valence-corrected chi connectivity index (χ1v) is 6.76. The molecule has 0 saturated heterocycles. The lowest BCUT2D eigenvalue weighted by Crippen LogP contribution is -1.87. The quantitative estimate of drug-likeness (QED) is 0.604. The molecule has 2 aromatic heterocycles. The van der Waals surface area contributed by atoms with Crippen molar-refractivity contribution in [3.05, 3.63) is 49.3 Å². The molecule has 0 spiro atoms. The second-order valence-corrected chi connectivity index (χ2v) is 6.26. The normalized spacial score (nSPS) is 11.0. The predicted molar refractivity (Wildman–Crippen MR) is 69.7 cm³/mol. The molecule has 0 aromatic carbocycles. The summed E-state index contributed by atoms with van der Waals surface area (Å²) in [5.41, 5.74) is 0. The largest absolute Gasteiger partial charge is 0.288 e. The van der Waals surface area contributed by atoms with Crippen LogP contribution in [0.4, 0.5) is 0 Å². The first-order chi connectivity index (χ1) is 7.25. The van der Waals surface area contributed by atoms with Gasteiger partial charge in [-0.2, -0.15) is 0 Å². The van der Waals surface area contributed by atoms with E-state index in [1.165, 1.54) is 11.3 Å². The highest BCUT2D eigenvalue weighted by Crippen LogP contribution is 2.23. The Bertz CT molecular complexity index is 482. The third-order valence-corrected chi connectivity index (χ3v) is 4.23. The Morgan fingerprint density at radius 2 is 2.20 bits per heavy atom. The molecule has 0 amide bonds. The van der Waals surface area contributed by atoms with Crippen LogP contribution in [0.3, 0.4) is 0 Å². The van der Waals surface area contributed by atoms with Crippen LogP contribution in [0.5, 0.6) is 0 Å². The van der Waals surface area contributed by atoms with E-state index >= 15 is 0 Å². The van der Waals surface area contributed by atoms with Crippen LogP contribution in [-0.2, 0) is 0 Å². The zero-order valence-electron chi connectivity index (χ0n) is 7.64. The highest BCUT2D eigenvalue weighted by atomic mass is 79.9. The van der Waals surface area contributed by atoms with Gasteiger partial charge in [-0.1, -0.05) is 6.07 Å². The second kappa shape index (κ2) is 4.88. The lowest BCUT2D eigenvalue weighted by molar-refractivity contribution is 0.105. The molecular weight excluding hydrogens is 292 g/mol. The van der Waals surface area contributed by atoms with Gasteiger partial charge >= 0.3 is 0 Å². The van der Waals surface area contributed by atoms with Crippen LogP contribution in [0.2, 0.25) is 0 Å². The van der Waals surface area contributed by atoms with E-state index < -0.39 is 0 Å². The van der Waals surface area contributed by atoms with Crippen molar-refractivity contribution in [1.82, 2.24) is 0 Å². The maximum atomic E-state index is 11.6. The Kier molecular flexibility index (Phi) is 3.51. The molecule has 2 aromatic rings. The average molecular weight is 299 g/mol. The van der Waals surface area contributed by atoms with Crippen molar-refractivity contribution < 1.29 is 4.79 Å². The zero-order chi connectivity index (χ0) is 10.7. The van der Waals surface area contributed by atoms with Gasteiger partial charge in [-0.15, -0.1) is 22.7 Å². The fraction of sp³-hybridized carbons (Fsp3) is 0. The Balaban J connectivity index is 2.09. The lowest BCUT2D eigenvalue weighted by Gasteiger charge is -1.86. The van der Waals surface area contributed by atoms with Crippen molar-refractivity contribution in [2.75, 3.05) is 0 Å². The first-order valence-electron chi connectivity index (χ1n) is 4.27. The first kappa shape index (κ1) is 10.8. The average Bonchev–Trinajstić information content (AvgIpc) is 2.84. The number of halogens is 1. The van der Waals surface area contributed by atoms with Crippen molar-refractivity contribution in [2.24, 2.45) is 0 Å². The Morgan fingerprint density at radius 3 is 2.80 bits per heavy atom. The molecule has 0 aliphatic rings. The van der Waals surface area contributed by atoms with Crippen LogP contribution >= 0.6 is 38.6 Å². The van der Waals surface area contributed by atoms with E-state index in [-0.39, 0.29) is 5.78 Å². The van der Waals surface area contributed by atoms with E-state index in [0.717, 1.165) is 13.5 Å². The number of ketones is 1. The van der Waals surface area contributed by atoms with Gasteiger partial charge in [0.25, 0.3) is 0 Å². The summed E-state index contributed by atoms with van der Waals surface area (Å²) < 4.78 is 1.07. The van der Waals surface area contributed by atoms with Gasteiger partial charge in [0.05, 0.1) is 8.66 Å². The van der Waals surface area contributed by atoms with Crippen LogP contribution in [0.1, 0.15) is 14.5 Å². The molecule has 4 heteroatoms. The van der Waals surface area contributed by atoms with E-state index in [9.17, 15) is 4.79 Å². The molecule has 2 rings (SSSR count). The third kappa shape index (κ3) is 2.87. The number of hydrogen-bond donors (Lipinski definition) is 0. The Morgan fingerprint density at radius 1 is 1.33 bits per heavy atom. The molecule has 0 fully saturated rings. The van der Waals surface area contributed by atoms with Crippen molar-refractivity contribution in [3.8, 4) is 0 Å². The van der Waals surface area contributed by atoms with E-state index in [4.69, 9.17) is 0 Å². The molecule has 0 saturated carbocycles. The molecule has 76 valence electrons.